The number of halogens is 1. The fourth-order valence-corrected chi connectivity index (χ4v) is 3.55. The van der Waals surface area contributed by atoms with Crippen molar-refractivity contribution in [3.05, 3.63) is 76.9 Å². The zero-order valence-electron chi connectivity index (χ0n) is 14.3. The maximum Gasteiger partial charge on any atom is 0.263 e. The SMILES string of the molecule is Cc1cc(S(=O)(=O)Nc2ccc(Nc3cccc(C#N)c3)cn2)ccc1Cl. The van der Waals surface area contributed by atoms with Gasteiger partial charge in [-0.2, -0.15) is 5.26 Å². The minimum Gasteiger partial charge on any atom is -0.354 e. The van der Waals surface area contributed by atoms with Crippen molar-refractivity contribution in [3.8, 4) is 6.07 Å². The van der Waals surface area contributed by atoms with Crippen LogP contribution in [0.1, 0.15) is 11.1 Å². The van der Waals surface area contributed by atoms with Gasteiger partial charge in [-0.25, -0.2) is 13.4 Å². The van der Waals surface area contributed by atoms with Crippen molar-refractivity contribution in [2.24, 2.45) is 0 Å². The van der Waals surface area contributed by atoms with Gasteiger partial charge in [-0.3, -0.25) is 4.72 Å². The number of anilines is 3. The highest BCUT2D eigenvalue weighted by atomic mass is 35.5. The van der Waals surface area contributed by atoms with Gasteiger partial charge < -0.3 is 5.32 Å². The van der Waals surface area contributed by atoms with Crippen LogP contribution in [0.25, 0.3) is 0 Å². The van der Waals surface area contributed by atoms with Crippen molar-refractivity contribution >= 4 is 38.8 Å². The minimum absolute atomic E-state index is 0.113. The van der Waals surface area contributed by atoms with Crippen LogP contribution < -0.4 is 10.0 Å². The second kappa shape index (κ2) is 7.66. The predicted molar refractivity (Wildman–Crippen MR) is 106 cm³/mol. The van der Waals surface area contributed by atoms with E-state index in [1.807, 2.05) is 6.07 Å². The Bertz CT molecular complexity index is 1120. The van der Waals surface area contributed by atoms with E-state index in [4.69, 9.17) is 16.9 Å². The van der Waals surface area contributed by atoms with E-state index in [2.05, 4.69) is 21.1 Å². The van der Waals surface area contributed by atoms with Crippen LogP contribution in [0.4, 0.5) is 17.2 Å². The summed E-state index contributed by atoms with van der Waals surface area (Å²) in [5.41, 5.74) is 2.61. The van der Waals surface area contributed by atoms with Gasteiger partial charge >= 0.3 is 0 Å². The lowest BCUT2D eigenvalue weighted by atomic mass is 10.2. The Morgan fingerprint density at radius 1 is 1.07 bits per heavy atom. The molecule has 0 radical (unpaired) electrons. The highest BCUT2D eigenvalue weighted by molar-refractivity contribution is 7.92. The highest BCUT2D eigenvalue weighted by Gasteiger charge is 2.15. The maximum atomic E-state index is 12.5. The molecule has 1 heterocycles. The number of aromatic nitrogens is 1. The van der Waals surface area contributed by atoms with Gasteiger partial charge in [0.1, 0.15) is 5.82 Å². The van der Waals surface area contributed by atoms with Gasteiger partial charge in [-0.15, -0.1) is 0 Å². The van der Waals surface area contributed by atoms with Gasteiger partial charge in [0.2, 0.25) is 0 Å². The number of aryl methyl sites for hydroxylation is 1. The van der Waals surface area contributed by atoms with Crippen LogP contribution in [0, 0.1) is 18.3 Å². The molecule has 0 aliphatic carbocycles. The quantitative estimate of drug-likeness (QED) is 0.661. The average molecular weight is 399 g/mol. The van der Waals surface area contributed by atoms with Gasteiger partial charge in [-0.05, 0) is 61.0 Å². The molecule has 2 aromatic carbocycles. The topological polar surface area (TPSA) is 94.9 Å². The van der Waals surface area contributed by atoms with Crippen LogP contribution in [0.2, 0.25) is 5.02 Å². The second-order valence-corrected chi connectivity index (χ2v) is 7.86. The Hall–Kier alpha value is -3.08. The molecule has 3 aromatic rings. The Labute approximate surface area is 162 Å². The molecule has 2 N–H and O–H groups in total. The van der Waals surface area contributed by atoms with Gasteiger partial charge in [0.25, 0.3) is 10.0 Å². The fourth-order valence-electron chi connectivity index (χ4n) is 2.34. The molecule has 0 saturated carbocycles. The lowest BCUT2D eigenvalue weighted by molar-refractivity contribution is 0.601. The lowest BCUT2D eigenvalue weighted by Crippen LogP contribution is -2.14. The number of sulfonamides is 1. The first-order chi connectivity index (χ1) is 12.9. The summed E-state index contributed by atoms with van der Waals surface area (Å²) in [5, 5.41) is 12.5. The van der Waals surface area contributed by atoms with Crippen molar-refractivity contribution < 1.29 is 8.42 Å². The number of rotatable bonds is 5. The summed E-state index contributed by atoms with van der Waals surface area (Å²) in [6.45, 7) is 1.74. The Kier molecular flexibility index (Phi) is 5.31. The number of pyridine rings is 1. The normalized spacial score (nSPS) is 10.9. The van der Waals surface area contributed by atoms with E-state index in [1.165, 1.54) is 18.3 Å². The first-order valence-corrected chi connectivity index (χ1v) is 9.76. The maximum absolute atomic E-state index is 12.5. The lowest BCUT2D eigenvalue weighted by Gasteiger charge is -2.10. The molecule has 0 bridgehead atoms. The molecule has 0 saturated heterocycles. The molecule has 0 amide bonds. The van der Waals surface area contributed by atoms with Crippen molar-refractivity contribution in [1.82, 2.24) is 4.98 Å². The summed E-state index contributed by atoms with van der Waals surface area (Å²) >= 11 is 5.94. The zero-order chi connectivity index (χ0) is 19.4. The zero-order valence-corrected chi connectivity index (χ0v) is 15.8. The van der Waals surface area contributed by atoms with Crippen molar-refractivity contribution in [2.75, 3.05) is 10.0 Å². The third-order valence-corrected chi connectivity index (χ3v) is 5.50. The Morgan fingerprint density at radius 3 is 2.56 bits per heavy atom. The van der Waals surface area contributed by atoms with E-state index >= 15 is 0 Å². The van der Waals surface area contributed by atoms with E-state index in [0.717, 1.165) is 5.69 Å². The summed E-state index contributed by atoms with van der Waals surface area (Å²) < 4.78 is 27.4. The Balaban J connectivity index is 1.75. The summed E-state index contributed by atoms with van der Waals surface area (Å²) in [6.07, 6.45) is 1.50. The molecule has 0 fully saturated rings. The molecule has 0 unspecified atom stereocenters. The Morgan fingerprint density at radius 2 is 1.89 bits per heavy atom. The largest absolute Gasteiger partial charge is 0.354 e. The number of hydrogen-bond donors (Lipinski definition) is 2. The molecule has 8 heteroatoms. The highest BCUT2D eigenvalue weighted by Crippen LogP contribution is 2.22. The standard InChI is InChI=1S/C19H15ClN4O2S/c1-13-9-17(6-7-18(13)20)27(25,26)24-19-8-5-16(12-22-19)23-15-4-2-3-14(10-15)11-21/h2-10,12,23H,1H3,(H,22,24). The van der Waals surface area contributed by atoms with E-state index < -0.39 is 10.0 Å². The van der Waals surface area contributed by atoms with Crippen LogP contribution in [-0.4, -0.2) is 13.4 Å². The van der Waals surface area contributed by atoms with E-state index in [-0.39, 0.29) is 10.7 Å². The number of nitriles is 1. The smallest absolute Gasteiger partial charge is 0.263 e. The second-order valence-electron chi connectivity index (χ2n) is 5.77. The van der Waals surface area contributed by atoms with Crippen LogP contribution in [-0.2, 0) is 10.0 Å². The molecule has 0 aliphatic heterocycles. The van der Waals surface area contributed by atoms with Crippen LogP contribution >= 0.6 is 11.6 Å². The van der Waals surface area contributed by atoms with E-state index in [1.54, 1.807) is 43.3 Å². The van der Waals surface area contributed by atoms with Crippen LogP contribution in [0.3, 0.4) is 0 Å². The molecular weight excluding hydrogens is 384 g/mol. The number of nitrogens with zero attached hydrogens (tertiary/aromatic N) is 2. The molecule has 1 aromatic heterocycles. The number of nitrogens with one attached hydrogen (secondary N) is 2. The molecule has 27 heavy (non-hydrogen) atoms. The molecule has 6 nitrogen and oxygen atoms in total. The molecular formula is C19H15ClN4O2S. The third kappa shape index (κ3) is 4.56. The predicted octanol–water partition coefficient (Wildman–Crippen LogP) is 4.46. The first-order valence-electron chi connectivity index (χ1n) is 7.89. The summed E-state index contributed by atoms with van der Waals surface area (Å²) in [7, 11) is -3.76. The molecule has 0 spiro atoms. The van der Waals surface area contributed by atoms with Crippen molar-refractivity contribution in [2.45, 2.75) is 11.8 Å². The molecule has 136 valence electrons. The van der Waals surface area contributed by atoms with E-state index in [0.29, 0.717) is 21.8 Å². The van der Waals surface area contributed by atoms with Gasteiger partial charge in [0, 0.05) is 10.7 Å². The molecule has 0 aliphatic rings. The summed E-state index contributed by atoms with van der Waals surface area (Å²) in [5.74, 6) is 0.193. The monoisotopic (exact) mass is 398 g/mol. The third-order valence-electron chi connectivity index (χ3n) is 3.72. The van der Waals surface area contributed by atoms with Gasteiger partial charge in [0.05, 0.1) is 28.4 Å². The fraction of sp³-hybridized carbons (Fsp3) is 0.0526. The number of benzene rings is 2. The van der Waals surface area contributed by atoms with Crippen molar-refractivity contribution in [1.29, 1.82) is 5.26 Å². The molecule has 0 atom stereocenters. The van der Waals surface area contributed by atoms with Crippen LogP contribution in [0.15, 0.2) is 65.7 Å². The van der Waals surface area contributed by atoms with Gasteiger partial charge in [0.15, 0.2) is 0 Å². The van der Waals surface area contributed by atoms with Crippen LogP contribution in [0.5, 0.6) is 0 Å². The van der Waals surface area contributed by atoms with Gasteiger partial charge in [-0.1, -0.05) is 17.7 Å². The first kappa shape index (κ1) is 18.7. The van der Waals surface area contributed by atoms with E-state index in [9.17, 15) is 8.42 Å². The number of hydrogen-bond acceptors (Lipinski definition) is 5. The summed E-state index contributed by atoms with van der Waals surface area (Å²) in [6, 6.07) is 16.8. The minimum atomic E-state index is -3.76. The van der Waals surface area contributed by atoms with Crippen molar-refractivity contribution in [3.63, 3.8) is 0 Å². The summed E-state index contributed by atoms with van der Waals surface area (Å²) in [4.78, 5) is 4.24. The molecule has 3 rings (SSSR count). The average Bonchev–Trinajstić information content (AvgIpc) is 2.65.